The summed E-state index contributed by atoms with van der Waals surface area (Å²) in [6, 6.07) is 7.87. The molecule has 3 heterocycles. The number of nitrogens with one attached hydrogen (secondary N) is 1. The second kappa shape index (κ2) is 10.6. The van der Waals surface area contributed by atoms with Crippen LogP contribution in [0.5, 0.6) is 0 Å². The normalized spacial score (nSPS) is 15.5. The maximum atomic E-state index is 12.9. The SMILES string of the molecule is CCN1CCN(CCCNC(=O)c2oc3ccccc3c2CSc2nc(C)cs2)CC1. The number of hydrogen-bond donors (Lipinski definition) is 1. The summed E-state index contributed by atoms with van der Waals surface area (Å²) >= 11 is 3.29. The van der Waals surface area contributed by atoms with Crippen LogP contribution in [0, 0.1) is 6.92 Å². The molecular weight excluding hydrogens is 428 g/mol. The van der Waals surface area contributed by atoms with Gasteiger partial charge in [-0.15, -0.1) is 11.3 Å². The molecule has 1 aliphatic heterocycles. The van der Waals surface area contributed by atoms with Gasteiger partial charge in [-0.25, -0.2) is 4.98 Å². The second-order valence-electron chi connectivity index (χ2n) is 7.83. The molecule has 2 aromatic heterocycles. The summed E-state index contributed by atoms with van der Waals surface area (Å²) in [6.45, 7) is 11.5. The van der Waals surface area contributed by atoms with E-state index in [1.807, 2.05) is 36.6 Å². The van der Waals surface area contributed by atoms with E-state index in [0.29, 0.717) is 18.1 Å². The minimum Gasteiger partial charge on any atom is -0.451 e. The predicted molar refractivity (Wildman–Crippen MR) is 128 cm³/mol. The molecule has 4 rings (SSSR count). The molecule has 31 heavy (non-hydrogen) atoms. The maximum Gasteiger partial charge on any atom is 0.287 e. The van der Waals surface area contributed by atoms with E-state index >= 15 is 0 Å². The van der Waals surface area contributed by atoms with Crippen LogP contribution in [0.25, 0.3) is 11.0 Å². The summed E-state index contributed by atoms with van der Waals surface area (Å²) in [4.78, 5) is 22.4. The number of benzene rings is 1. The number of furan rings is 1. The molecule has 166 valence electrons. The Bertz CT molecular complexity index is 1010. The Morgan fingerprint density at radius 2 is 2.00 bits per heavy atom. The highest BCUT2D eigenvalue weighted by molar-refractivity contribution is 8.00. The zero-order valence-electron chi connectivity index (χ0n) is 18.2. The van der Waals surface area contributed by atoms with Crippen LogP contribution < -0.4 is 5.32 Å². The van der Waals surface area contributed by atoms with Crippen molar-refractivity contribution in [1.82, 2.24) is 20.1 Å². The van der Waals surface area contributed by atoms with Gasteiger partial charge in [0.05, 0.1) is 0 Å². The van der Waals surface area contributed by atoms with Gasteiger partial charge >= 0.3 is 0 Å². The quantitative estimate of drug-likeness (QED) is 0.382. The number of thioether (sulfide) groups is 1. The summed E-state index contributed by atoms with van der Waals surface area (Å²) in [5, 5.41) is 6.12. The smallest absolute Gasteiger partial charge is 0.287 e. The van der Waals surface area contributed by atoms with Gasteiger partial charge in [-0.2, -0.15) is 0 Å². The molecule has 8 heteroatoms. The number of aromatic nitrogens is 1. The highest BCUT2D eigenvalue weighted by Crippen LogP contribution is 2.33. The van der Waals surface area contributed by atoms with Crippen molar-refractivity contribution < 1.29 is 9.21 Å². The number of rotatable bonds is 9. The molecule has 1 aliphatic rings. The zero-order chi connectivity index (χ0) is 21.6. The van der Waals surface area contributed by atoms with Gasteiger partial charge in [-0.05, 0) is 32.5 Å². The molecule has 1 fully saturated rings. The first-order valence-corrected chi connectivity index (χ1v) is 12.8. The molecule has 0 saturated carbocycles. The van der Waals surface area contributed by atoms with Gasteiger partial charge in [0.15, 0.2) is 5.76 Å². The number of para-hydroxylation sites is 1. The van der Waals surface area contributed by atoms with Crippen LogP contribution in [0.4, 0.5) is 0 Å². The van der Waals surface area contributed by atoms with Crippen molar-refractivity contribution in [1.29, 1.82) is 0 Å². The summed E-state index contributed by atoms with van der Waals surface area (Å²) in [5.41, 5.74) is 2.73. The fourth-order valence-corrected chi connectivity index (χ4v) is 5.75. The van der Waals surface area contributed by atoms with Crippen LogP contribution in [0.15, 0.2) is 38.4 Å². The van der Waals surface area contributed by atoms with E-state index in [9.17, 15) is 4.79 Å². The molecule has 0 unspecified atom stereocenters. The van der Waals surface area contributed by atoms with E-state index in [1.54, 1.807) is 23.1 Å². The number of piperazine rings is 1. The highest BCUT2D eigenvalue weighted by atomic mass is 32.2. The minimum absolute atomic E-state index is 0.127. The van der Waals surface area contributed by atoms with E-state index in [4.69, 9.17) is 4.42 Å². The number of nitrogens with zero attached hydrogens (tertiary/aromatic N) is 3. The number of thiazole rings is 1. The van der Waals surface area contributed by atoms with Crippen LogP contribution in [0.1, 0.15) is 35.2 Å². The fourth-order valence-electron chi connectivity index (χ4n) is 3.87. The zero-order valence-corrected chi connectivity index (χ0v) is 19.9. The van der Waals surface area contributed by atoms with Gasteiger partial charge in [-0.3, -0.25) is 4.79 Å². The topological polar surface area (TPSA) is 61.6 Å². The average Bonchev–Trinajstić information content (AvgIpc) is 3.38. The van der Waals surface area contributed by atoms with Crippen LogP contribution in [0.2, 0.25) is 0 Å². The lowest BCUT2D eigenvalue weighted by Gasteiger charge is -2.33. The van der Waals surface area contributed by atoms with Crippen molar-refractivity contribution in [3.05, 3.63) is 46.7 Å². The average molecular weight is 459 g/mol. The predicted octanol–water partition coefficient (Wildman–Crippen LogP) is 4.25. The van der Waals surface area contributed by atoms with Crippen LogP contribution in [0.3, 0.4) is 0 Å². The largest absolute Gasteiger partial charge is 0.451 e. The fraction of sp³-hybridized carbons (Fsp3) is 0.478. The molecular formula is C23H30N4O2S2. The van der Waals surface area contributed by atoms with E-state index in [2.05, 4.69) is 27.0 Å². The molecule has 1 saturated heterocycles. The molecule has 0 spiro atoms. The molecule has 0 aliphatic carbocycles. The summed E-state index contributed by atoms with van der Waals surface area (Å²) in [7, 11) is 0. The Hall–Kier alpha value is -1.87. The number of carbonyl (C=O) groups excluding carboxylic acids is 1. The Kier molecular flexibility index (Phi) is 7.66. The van der Waals surface area contributed by atoms with Gasteiger partial charge < -0.3 is 19.5 Å². The lowest BCUT2D eigenvalue weighted by atomic mass is 10.1. The summed E-state index contributed by atoms with van der Waals surface area (Å²) < 4.78 is 6.98. The van der Waals surface area contributed by atoms with Crippen LogP contribution >= 0.6 is 23.1 Å². The third-order valence-corrected chi connectivity index (χ3v) is 7.86. The molecule has 0 radical (unpaired) electrons. The molecule has 3 aromatic rings. The van der Waals surface area contributed by atoms with Crippen molar-refractivity contribution in [3.63, 3.8) is 0 Å². The minimum atomic E-state index is -0.127. The van der Waals surface area contributed by atoms with Gasteiger partial charge in [0, 0.05) is 60.5 Å². The Labute approximate surface area is 192 Å². The summed E-state index contributed by atoms with van der Waals surface area (Å²) in [6.07, 6.45) is 0.945. The number of carbonyl (C=O) groups is 1. The van der Waals surface area contributed by atoms with Crippen molar-refractivity contribution in [3.8, 4) is 0 Å². The number of hydrogen-bond acceptors (Lipinski definition) is 7. The second-order valence-corrected chi connectivity index (χ2v) is 9.92. The van der Waals surface area contributed by atoms with E-state index in [0.717, 1.165) is 72.3 Å². The first kappa shape index (κ1) is 22.3. The monoisotopic (exact) mass is 458 g/mol. The van der Waals surface area contributed by atoms with Gasteiger partial charge in [-0.1, -0.05) is 36.9 Å². The van der Waals surface area contributed by atoms with Gasteiger partial charge in [0.1, 0.15) is 9.92 Å². The Balaban J connectivity index is 1.34. The van der Waals surface area contributed by atoms with E-state index < -0.39 is 0 Å². The number of likely N-dealkylation sites (N-methyl/N-ethyl adjacent to an activating group) is 1. The molecule has 0 bridgehead atoms. The number of amides is 1. The first-order valence-electron chi connectivity index (χ1n) is 10.9. The standard InChI is InChI=1S/C23H30N4O2S2/c1-3-26-11-13-27(14-12-26)10-6-9-24-22(28)21-19(16-31-23-25-17(2)15-30-23)18-7-4-5-8-20(18)29-21/h4-5,7-8,15H,3,6,9-14,16H2,1-2H3,(H,24,28). The van der Waals surface area contributed by atoms with Crippen molar-refractivity contribution in [2.45, 2.75) is 30.4 Å². The van der Waals surface area contributed by atoms with E-state index in [1.165, 1.54) is 0 Å². The number of aryl methyl sites for hydroxylation is 1. The number of fused-ring (bicyclic) bond motifs is 1. The molecule has 1 amide bonds. The lowest BCUT2D eigenvalue weighted by molar-refractivity contribution is 0.0922. The van der Waals surface area contributed by atoms with Crippen molar-refractivity contribution in [2.24, 2.45) is 0 Å². The van der Waals surface area contributed by atoms with Crippen LogP contribution in [-0.4, -0.2) is 66.5 Å². The van der Waals surface area contributed by atoms with Crippen molar-refractivity contribution in [2.75, 3.05) is 45.8 Å². The Morgan fingerprint density at radius 1 is 1.23 bits per heavy atom. The summed E-state index contributed by atoms with van der Waals surface area (Å²) in [5.74, 6) is 0.963. The van der Waals surface area contributed by atoms with Gasteiger partial charge in [0.2, 0.25) is 0 Å². The third-order valence-electron chi connectivity index (χ3n) is 5.69. The molecule has 6 nitrogen and oxygen atoms in total. The molecule has 0 atom stereocenters. The molecule has 1 N–H and O–H groups in total. The van der Waals surface area contributed by atoms with Crippen LogP contribution in [-0.2, 0) is 5.75 Å². The first-order chi connectivity index (χ1) is 15.1. The van der Waals surface area contributed by atoms with Gasteiger partial charge in [0.25, 0.3) is 5.91 Å². The third kappa shape index (κ3) is 5.68. The highest BCUT2D eigenvalue weighted by Gasteiger charge is 2.21. The Morgan fingerprint density at radius 3 is 2.74 bits per heavy atom. The molecule has 1 aromatic carbocycles. The lowest BCUT2D eigenvalue weighted by Crippen LogP contribution is -2.46. The van der Waals surface area contributed by atoms with Crippen molar-refractivity contribution >= 4 is 40.0 Å². The van der Waals surface area contributed by atoms with E-state index in [-0.39, 0.29) is 5.91 Å². The maximum absolute atomic E-state index is 12.9.